The van der Waals surface area contributed by atoms with E-state index in [1.807, 2.05) is 0 Å². The van der Waals surface area contributed by atoms with Gasteiger partial charge in [-0.15, -0.1) is 5.10 Å². The molecule has 1 atom stereocenters. The maximum absolute atomic E-state index is 11.1. The summed E-state index contributed by atoms with van der Waals surface area (Å²) in [7, 11) is 0. The minimum Gasteiger partial charge on any atom is -0.609 e. The Morgan fingerprint density at radius 3 is 2.67 bits per heavy atom. The second-order valence-electron chi connectivity index (χ2n) is 3.39. The topological polar surface area (TPSA) is 105 Å². The number of nitro groups is 1. The first-order valence-electron chi connectivity index (χ1n) is 4.86. The molecule has 2 rings (SSSR count). The Morgan fingerprint density at radius 1 is 1.33 bits per heavy atom. The largest absolute Gasteiger partial charge is 0.609 e. The van der Waals surface area contributed by atoms with Crippen molar-refractivity contribution in [3.8, 4) is 11.3 Å². The van der Waals surface area contributed by atoms with Crippen molar-refractivity contribution in [3.63, 3.8) is 0 Å². The molecule has 1 heterocycles. The fourth-order valence-corrected chi connectivity index (χ4v) is 1.66. The van der Waals surface area contributed by atoms with Gasteiger partial charge in [0.2, 0.25) is 0 Å². The number of benzene rings is 1. The molecule has 0 N–H and O–H groups in total. The molecular formula is C10H8N4O3S. The molecule has 1 aromatic carbocycles. The van der Waals surface area contributed by atoms with E-state index in [4.69, 9.17) is 0 Å². The lowest BCUT2D eigenvalue weighted by atomic mass is 10.1. The third-order valence-electron chi connectivity index (χ3n) is 2.15. The maximum Gasteiger partial charge on any atom is 0.361 e. The Hall–Kier alpha value is -2.06. The normalized spacial score (nSPS) is 12.1. The van der Waals surface area contributed by atoms with Gasteiger partial charge in [-0.05, 0) is 0 Å². The summed E-state index contributed by atoms with van der Waals surface area (Å²) in [5.74, 6) is 0. The molecular weight excluding hydrogens is 256 g/mol. The van der Waals surface area contributed by atoms with Crippen LogP contribution in [0, 0.1) is 10.1 Å². The molecule has 0 bridgehead atoms. The number of nitrogens with zero attached hydrogens (tertiary/aromatic N) is 4. The van der Waals surface area contributed by atoms with Crippen molar-refractivity contribution >= 4 is 16.9 Å². The predicted molar refractivity (Wildman–Crippen MR) is 64.2 cm³/mol. The van der Waals surface area contributed by atoms with E-state index in [0.29, 0.717) is 11.3 Å². The van der Waals surface area contributed by atoms with Crippen LogP contribution < -0.4 is 0 Å². The second-order valence-corrected chi connectivity index (χ2v) is 4.66. The van der Waals surface area contributed by atoms with Crippen molar-refractivity contribution in [3.05, 3.63) is 40.6 Å². The lowest BCUT2D eigenvalue weighted by Crippen LogP contribution is -2.05. The Kier molecular flexibility index (Phi) is 3.49. The number of non-ortho nitro benzene ring substituents is 1. The van der Waals surface area contributed by atoms with Crippen molar-refractivity contribution in [1.29, 1.82) is 0 Å². The van der Waals surface area contributed by atoms with Gasteiger partial charge in [-0.3, -0.25) is 10.1 Å². The molecule has 1 unspecified atom stereocenters. The van der Waals surface area contributed by atoms with E-state index < -0.39 is 16.1 Å². The van der Waals surface area contributed by atoms with Crippen LogP contribution in [0.1, 0.15) is 0 Å². The molecule has 8 heteroatoms. The zero-order valence-electron chi connectivity index (χ0n) is 9.31. The first-order chi connectivity index (χ1) is 8.58. The Labute approximate surface area is 105 Å². The van der Waals surface area contributed by atoms with E-state index >= 15 is 0 Å². The molecule has 2 aromatic rings. The van der Waals surface area contributed by atoms with Crippen molar-refractivity contribution in [1.82, 2.24) is 15.2 Å². The van der Waals surface area contributed by atoms with Crippen molar-refractivity contribution in [2.45, 2.75) is 5.16 Å². The van der Waals surface area contributed by atoms with Crippen LogP contribution in [0.15, 0.2) is 35.6 Å². The second kappa shape index (κ2) is 5.07. The molecule has 0 spiro atoms. The van der Waals surface area contributed by atoms with E-state index in [1.54, 1.807) is 12.1 Å². The quantitative estimate of drug-likeness (QED) is 0.468. The molecule has 0 aliphatic heterocycles. The van der Waals surface area contributed by atoms with Crippen LogP contribution in [-0.4, -0.2) is 30.9 Å². The average molecular weight is 264 g/mol. The molecule has 18 heavy (non-hydrogen) atoms. The Bertz CT molecular complexity index is 574. The van der Waals surface area contributed by atoms with Gasteiger partial charge in [0.15, 0.2) is 0 Å². The van der Waals surface area contributed by atoms with Gasteiger partial charge in [-0.25, -0.2) is 0 Å². The van der Waals surface area contributed by atoms with Gasteiger partial charge in [0.05, 0.1) is 11.1 Å². The van der Waals surface area contributed by atoms with Crippen LogP contribution in [0.2, 0.25) is 0 Å². The van der Waals surface area contributed by atoms with Crippen LogP contribution in [-0.2, 0) is 11.2 Å². The van der Waals surface area contributed by atoms with Crippen LogP contribution in [0.3, 0.4) is 0 Å². The average Bonchev–Trinajstić information content (AvgIpc) is 2.39. The Morgan fingerprint density at radius 2 is 2.11 bits per heavy atom. The number of nitro benzene ring substituents is 1. The summed E-state index contributed by atoms with van der Waals surface area (Å²) in [5.41, 5.74) is 0.906. The summed E-state index contributed by atoms with van der Waals surface area (Å²) in [5, 5.41) is 18.3. The molecule has 0 fully saturated rings. The molecule has 7 nitrogen and oxygen atoms in total. The summed E-state index contributed by atoms with van der Waals surface area (Å²) in [4.78, 5) is 14.0. The van der Waals surface area contributed by atoms with E-state index in [1.165, 1.54) is 24.6 Å². The highest BCUT2D eigenvalue weighted by atomic mass is 32.2. The van der Waals surface area contributed by atoms with Gasteiger partial charge in [0.1, 0.15) is 11.9 Å². The molecule has 0 radical (unpaired) electrons. The fourth-order valence-electron chi connectivity index (χ4n) is 1.31. The minimum absolute atomic E-state index is 0.0301. The van der Waals surface area contributed by atoms with Crippen LogP contribution in [0.25, 0.3) is 11.3 Å². The first-order valence-corrected chi connectivity index (χ1v) is 6.41. The van der Waals surface area contributed by atoms with Crippen LogP contribution in [0.5, 0.6) is 0 Å². The zero-order chi connectivity index (χ0) is 13.1. The molecule has 0 amide bonds. The summed E-state index contributed by atoms with van der Waals surface area (Å²) in [6, 6.07) is 6.00. The molecule has 0 saturated heterocycles. The van der Waals surface area contributed by atoms with Crippen molar-refractivity contribution in [2.75, 3.05) is 6.26 Å². The molecule has 0 saturated carbocycles. The summed E-state index contributed by atoms with van der Waals surface area (Å²) < 4.78 is 11.1. The first kappa shape index (κ1) is 12.4. The monoisotopic (exact) mass is 264 g/mol. The van der Waals surface area contributed by atoms with Crippen LogP contribution >= 0.6 is 0 Å². The van der Waals surface area contributed by atoms with Crippen molar-refractivity contribution in [2.24, 2.45) is 0 Å². The lowest BCUT2D eigenvalue weighted by Gasteiger charge is -2.02. The maximum atomic E-state index is 11.1. The third kappa shape index (κ3) is 2.60. The summed E-state index contributed by atoms with van der Waals surface area (Å²) in [6.45, 7) is 0. The highest BCUT2D eigenvalue weighted by molar-refractivity contribution is 7.90. The summed E-state index contributed by atoms with van der Waals surface area (Å²) in [6.07, 6.45) is 2.84. The number of rotatable bonds is 3. The SMILES string of the molecule is C[S+]([O-])c1ncc(-c2cccc([N+](=O)[O-])c2)nn1. The van der Waals surface area contributed by atoms with Gasteiger partial charge >= 0.3 is 5.16 Å². The fraction of sp³-hybridized carbons (Fsp3) is 0.100. The van der Waals surface area contributed by atoms with E-state index in [-0.39, 0.29) is 10.8 Å². The standard InChI is InChI=1S/C10H8N4O3S/c1-18(17)10-11-6-9(12-13-10)7-3-2-4-8(5-7)14(15)16/h2-6H,1H3. The van der Waals surface area contributed by atoms with Gasteiger partial charge in [0.25, 0.3) is 5.69 Å². The van der Waals surface area contributed by atoms with E-state index in [2.05, 4.69) is 15.2 Å². The van der Waals surface area contributed by atoms with Gasteiger partial charge < -0.3 is 4.55 Å². The number of hydrogen-bond acceptors (Lipinski definition) is 6. The number of hydrogen-bond donors (Lipinski definition) is 0. The lowest BCUT2D eigenvalue weighted by molar-refractivity contribution is -0.384. The Balaban J connectivity index is 2.36. The van der Waals surface area contributed by atoms with Crippen molar-refractivity contribution < 1.29 is 9.48 Å². The van der Waals surface area contributed by atoms with E-state index in [9.17, 15) is 14.7 Å². The number of aromatic nitrogens is 3. The van der Waals surface area contributed by atoms with E-state index in [0.717, 1.165) is 0 Å². The molecule has 0 aliphatic carbocycles. The predicted octanol–water partition coefficient (Wildman–Crippen LogP) is 1.18. The molecule has 1 aromatic heterocycles. The molecule has 0 aliphatic rings. The highest BCUT2D eigenvalue weighted by Gasteiger charge is 2.12. The minimum atomic E-state index is -1.30. The highest BCUT2D eigenvalue weighted by Crippen LogP contribution is 2.21. The zero-order valence-corrected chi connectivity index (χ0v) is 10.1. The van der Waals surface area contributed by atoms with Gasteiger partial charge in [-0.2, -0.15) is 4.98 Å². The van der Waals surface area contributed by atoms with Gasteiger partial charge in [0, 0.05) is 28.9 Å². The van der Waals surface area contributed by atoms with Crippen LogP contribution in [0.4, 0.5) is 5.69 Å². The molecule has 92 valence electrons. The van der Waals surface area contributed by atoms with Gasteiger partial charge in [-0.1, -0.05) is 17.2 Å². The summed E-state index contributed by atoms with van der Waals surface area (Å²) >= 11 is -1.30. The smallest absolute Gasteiger partial charge is 0.361 e. The third-order valence-corrected chi connectivity index (χ3v) is 2.85.